The summed E-state index contributed by atoms with van der Waals surface area (Å²) in [6.45, 7) is 3.86. The predicted molar refractivity (Wildman–Crippen MR) is 99.3 cm³/mol. The van der Waals surface area contributed by atoms with Crippen molar-refractivity contribution in [2.24, 2.45) is 0 Å². The van der Waals surface area contributed by atoms with E-state index in [1.54, 1.807) is 14.2 Å². The van der Waals surface area contributed by atoms with Gasteiger partial charge in [-0.2, -0.15) is 0 Å². The second-order valence-electron chi connectivity index (χ2n) is 5.78. The molecular formula is C19H25ClN2O2. The second kappa shape index (κ2) is 8.92. The van der Waals surface area contributed by atoms with Gasteiger partial charge in [0.25, 0.3) is 0 Å². The summed E-state index contributed by atoms with van der Waals surface area (Å²) in [4.78, 5) is 2.50. The van der Waals surface area contributed by atoms with Crippen LogP contribution in [0, 0.1) is 0 Å². The fourth-order valence-corrected chi connectivity index (χ4v) is 3.19. The van der Waals surface area contributed by atoms with Crippen molar-refractivity contribution in [1.82, 2.24) is 10.2 Å². The van der Waals surface area contributed by atoms with Crippen LogP contribution in [0.25, 0.3) is 0 Å². The van der Waals surface area contributed by atoms with E-state index in [9.17, 15) is 0 Å². The zero-order chi connectivity index (χ0) is 16.1. The Labute approximate surface area is 150 Å². The van der Waals surface area contributed by atoms with E-state index in [0.29, 0.717) is 6.04 Å². The maximum atomic E-state index is 5.56. The van der Waals surface area contributed by atoms with Crippen molar-refractivity contribution in [2.45, 2.75) is 12.6 Å². The van der Waals surface area contributed by atoms with Crippen molar-refractivity contribution >= 4 is 12.4 Å². The standard InChI is InChI=1S/C19H24N2O2.ClH/c1-22-16-7-5-6-15(12-16)14-21-11-10-20-13-18(21)17-8-3-4-9-19(17)23-2;/h3-9,12,18,20H,10-11,13-14H2,1-2H3;1H. The third-order valence-electron chi connectivity index (χ3n) is 4.37. The first-order valence-corrected chi connectivity index (χ1v) is 8.02. The predicted octanol–water partition coefficient (Wildman–Crippen LogP) is 3.27. The van der Waals surface area contributed by atoms with Crippen molar-refractivity contribution in [1.29, 1.82) is 0 Å². The highest BCUT2D eigenvalue weighted by Crippen LogP contribution is 2.31. The van der Waals surface area contributed by atoms with Gasteiger partial charge >= 0.3 is 0 Å². The Morgan fingerprint density at radius 1 is 1.08 bits per heavy atom. The van der Waals surface area contributed by atoms with Gasteiger partial charge in [0.05, 0.1) is 20.3 Å². The lowest BCUT2D eigenvalue weighted by atomic mass is 10.0. The van der Waals surface area contributed by atoms with Crippen LogP contribution in [0.5, 0.6) is 11.5 Å². The molecule has 0 radical (unpaired) electrons. The summed E-state index contributed by atoms with van der Waals surface area (Å²) in [6.07, 6.45) is 0. The van der Waals surface area contributed by atoms with Gasteiger partial charge in [0.1, 0.15) is 11.5 Å². The zero-order valence-corrected chi connectivity index (χ0v) is 15.0. The van der Waals surface area contributed by atoms with Gasteiger partial charge < -0.3 is 14.8 Å². The third-order valence-corrected chi connectivity index (χ3v) is 4.37. The van der Waals surface area contributed by atoms with Gasteiger partial charge in [-0.15, -0.1) is 12.4 Å². The Hall–Kier alpha value is -1.75. The monoisotopic (exact) mass is 348 g/mol. The number of rotatable bonds is 5. The summed E-state index contributed by atoms with van der Waals surface area (Å²) in [5, 5.41) is 3.50. The fourth-order valence-electron chi connectivity index (χ4n) is 3.19. The van der Waals surface area contributed by atoms with Gasteiger partial charge in [-0.25, -0.2) is 0 Å². The Morgan fingerprint density at radius 2 is 1.92 bits per heavy atom. The Morgan fingerprint density at radius 3 is 2.71 bits per heavy atom. The Balaban J connectivity index is 0.00000208. The second-order valence-corrected chi connectivity index (χ2v) is 5.78. The van der Waals surface area contributed by atoms with Crippen molar-refractivity contribution in [3.63, 3.8) is 0 Å². The van der Waals surface area contributed by atoms with Gasteiger partial charge in [-0.05, 0) is 23.8 Å². The van der Waals surface area contributed by atoms with E-state index < -0.39 is 0 Å². The number of piperazine rings is 1. The molecule has 1 aliphatic heterocycles. The van der Waals surface area contributed by atoms with Crippen molar-refractivity contribution in [3.8, 4) is 11.5 Å². The SMILES string of the molecule is COc1cccc(CN2CCNCC2c2ccccc2OC)c1.Cl. The number of methoxy groups -OCH3 is 2. The molecule has 1 fully saturated rings. The van der Waals surface area contributed by atoms with Gasteiger partial charge in [-0.3, -0.25) is 4.90 Å². The van der Waals surface area contributed by atoms with E-state index in [0.717, 1.165) is 37.7 Å². The molecule has 2 aromatic rings. The average molecular weight is 349 g/mol. The van der Waals surface area contributed by atoms with Gasteiger partial charge in [-0.1, -0.05) is 30.3 Å². The molecule has 0 aliphatic carbocycles. The summed E-state index contributed by atoms with van der Waals surface area (Å²) in [5.41, 5.74) is 2.51. The van der Waals surface area contributed by atoms with E-state index in [1.807, 2.05) is 18.2 Å². The number of nitrogens with zero attached hydrogens (tertiary/aromatic N) is 1. The molecule has 5 heteroatoms. The van der Waals surface area contributed by atoms with Gasteiger partial charge in [0.2, 0.25) is 0 Å². The summed E-state index contributed by atoms with van der Waals surface area (Å²) in [7, 11) is 3.45. The largest absolute Gasteiger partial charge is 0.497 e. The van der Waals surface area contributed by atoms with Crippen LogP contribution in [-0.2, 0) is 6.54 Å². The molecule has 0 spiro atoms. The lowest BCUT2D eigenvalue weighted by molar-refractivity contribution is 0.151. The number of hydrogen-bond acceptors (Lipinski definition) is 4. The van der Waals surface area contributed by atoms with Crippen LogP contribution in [0.1, 0.15) is 17.2 Å². The maximum absolute atomic E-state index is 5.56. The third kappa shape index (κ3) is 4.20. The molecular weight excluding hydrogens is 324 g/mol. The Bertz CT molecular complexity index is 651. The molecule has 0 aromatic heterocycles. The van der Waals surface area contributed by atoms with Gasteiger partial charge in [0.15, 0.2) is 0 Å². The molecule has 1 aliphatic rings. The van der Waals surface area contributed by atoms with Crippen LogP contribution in [0.2, 0.25) is 0 Å². The lowest BCUT2D eigenvalue weighted by Crippen LogP contribution is -2.45. The molecule has 0 bridgehead atoms. The molecule has 2 aromatic carbocycles. The minimum atomic E-state index is 0. The van der Waals surface area contributed by atoms with Crippen LogP contribution in [0.4, 0.5) is 0 Å². The number of para-hydroxylation sites is 1. The van der Waals surface area contributed by atoms with E-state index in [-0.39, 0.29) is 12.4 Å². The van der Waals surface area contributed by atoms with Crippen LogP contribution in [0.3, 0.4) is 0 Å². The molecule has 1 heterocycles. The first-order chi connectivity index (χ1) is 11.3. The van der Waals surface area contributed by atoms with Crippen molar-refractivity contribution in [2.75, 3.05) is 33.9 Å². The normalized spacial score (nSPS) is 17.8. The first-order valence-electron chi connectivity index (χ1n) is 8.02. The number of halogens is 1. The smallest absolute Gasteiger partial charge is 0.123 e. The molecule has 130 valence electrons. The van der Waals surface area contributed by atoms with Crippen LogP contribution >= 0.6 is 12.4 Å². The molecule has 3 rings (SSSR count). The Kier molecular flexibility index (Phi) is 6.91. The molecule has 1 unspecified atom stereocenters. The minimum Gasteiger partial charge on any atom is -0.497 e. The van der Waals surface area contributed by atoms with Crippen LogP contribution < -0.4 is 14.8 Å². The maximum Gasteiger partial charge on any atom is 0.123 e. The summed E-state index contributed by atoms with van der Waals surface area (Å²) < 4.78 is 10.9. The minimum absolute atomic E-state index is 0. The zero-order valence-electron chi connectivity index (χ0n) is 14.2. The first kappa shape index (κ1) is 18.6. The molecule has 24 heavy (non-hydrogen) atoms. The number of hydrogen-bond donors (Lipinski definition) is 1. The lowest BCUT2D eigenvalue weighted by Gasteiger charge is -2.37. The topological polar surface area (TPSA) is 33.7 Å². The number of benzene rings is 2. The molecule has 1 atom stereocenters. The molecule has 0 amide bonds. The van der Waals surface area contributed by atoms with E-state index in [4.69, 9.17) is 9.47 Å². The molecule has 4 nitrogen and oxygen atoms in total. The molecule has 1 N–H and O–H groups in total. The van der Waals surface area contributed by atoms with Crippen molar-refractivity contribution in [3.05, 3.63) is 59.7 Å². The molecule has 1 saturated heterocycles. The summed E-state index contributed by atoms with van der Waals surface area (Å²) in [5.74, 6) is 1.86. The average Bonchev–Trinajstić information content (AvgIpc) is 2.62. The highest BCUT2D eigenvalue weighted by Gasteiger charge is 2.26. The summed E-state index contributed by atoms with van der Waals surface area (Å²) in [6, 6.07) is 16.9. The number of ether oxygens (including phenoxy) is 2. The van der Waals surface area contributed by atoms with Crippen molar-refractivity contribution < 1.29 is 9.47 Å². The summed E-state index contributed by atoms with van der Waals surface area (Å²) >= 11 is 0. The van der Waals surface area contributed by atoms with E-state index in [2.05, 4.69) is 40.5 Å². The fraction of sp³-hybridized carbons (Fsp3) is 0.368. The van der Waals surface area contributed by atoms with Gasteiger partial charge in [0, 0.05) is 31.7 Å². The number of nitrogens with one attached hydrogen (secondary N) is 1. The quantitative estimate of drug-likeness (QED) is 0.899. The highest BCUT2D eigenvalue weighted by atomic mass is 35.5. The van der Waals surface area contributed by atoms with Crippen LogP contribution in [-0.4, -0.2) is 38.8 Å². The van der Waals surface area contributed by atoms with Crippen LogP contribution in [0.15, 0.2) is 48.5 Å². The highest BCUT2D eigenvalue weighted by molar-refractivity contribution is 5.85. The van der Waals surface area contributed by atoms with E-state index >= 15 is 0 Å². The molecule has 0 saturated carbocycles. The van der Waals surface area contributed by atoms with E-state index in [1.165, 1.54) is 11.1 Å².